The Kier molecular flexibility index (Phi) is 5.28. The van der Waals surface area contributed by atoms with E-state index in [2.05, 4.69) is 36.4 Å². The van der Waals surface area contributed by atoms with Gasteiger partial charge in [-0.1, -0.05) is 34.6 Å². The zero-order valence-corrected chi connectivity index (χ0v) is 12.6. The Morgan fingerprint density at radius 1 is 1.44 bits per heavy atom. The number of hydrogen-bond acceptors (Lipinski definition) is 4. The molecule has 5 heteroatoms. The minimum absolute atomic E-state index is 0.00541. The molecular formula is C13H23N3OS. The number of nitrogens with one attached hydrogen (secondary N) is 2. The van der Waals surface area contributed by atoms with Crippen LogP contribution in [0.4, 0.5) is 5.13 Å². The molecule has 0 aliphatic heterocycles. The summed E-state index contributed by atoms with van der Waals surface area (Å²) < 4.78 is 0. The molecule has 0 aliphatic rings. The fraction of sp³-hybridized carbons (Fsp3) is 0.692. The van der Waals surface area contributed by atoms with Gasteiger partial charge in [-0.15, -0.1) is 11.3 Å². The first-order chi connectivity index (χ1) is 8.38. The van der Waals surface area contributed by atoms with Gasteiger partial charge >= 0.3 is 0 Å². The highest BCUT2D eigenvalue weighted by atomic mass is 32.1. The average Bonchev–Trinajstić information content (AvgIpc) is 2.73. The fourth-order valence-electron chi connectivity index (χ4n) is 1.54. The van der Waals surface area contributed by atoms with Crippen molar-refractivity contribution in [1.29, 1.82) is 0 Å². The van der Waals surface area contributed by atoms with E-state index in [0.717, 1.165) is 18.7 Å². The number of amides is 1. The molecule has 1 rings (SSSR count). The number of anilines is 1. The van der Waals surface area contributed by atoms with Crippen LogP contribution in [0.1, 0.15) is 46.7 Å². The molecule has 1 atom stereocenters. The molecule has 18 heavy (non-hydrogen) atoms. The second kappa shape index (κ2) is 6.29. The van der Waals surface area contributed by atoms with E-state index < -0.39 is 0 Å². The summed E-state index contributed by atoms with van der Waals surface area (Å²) in [5, 5.41) is 8.72. The van der Waals surface area contributed by atoms with E-state index in [1.165, 1.54) is 11.3 Å². The number of hydrogen-bond donors (Lipinski definition) is 2. The van der Waals surface area contributed by atoms with E-state index in [4.69, 9.17) is 0 Å². The third kappa shape index (κ3) is 4.07. The fourth-order valence-corrected chi connectivity index (χ4v) is 2.48. The smallest absolute Gasteiger partial charge is 0.243 e. The molecule has 0 radical (unpaired) electrons. The van der Waals surface area contributed by atoms with Gasteiger partial charge in [0.25, 0.3) is 0 Å². The van der Waals surface area contributed by atoms with Crippen LogP contribution in [-0.4, -0.2) is 23.5 Å². The first kappa shape index (κ1) is 15.1. The second-order valence-corrected chi connectivity index (χ2v) is 6.15. The number of carbonyl (C=O) groups is 1. The zero-order chi connectivity index (χ0) is 13.8. The van der Waals surface area contributed by atoms with Gasteiger partial charge < -0.3 is 10.6 Å². The number of likely N-dealkylation sites (N-methyl/N-ethyl adjacent to an activating group) is 1. The van der Waals surface area contributed by atoms with Gasteiger partial charge in [0, 0.05) is 10.8 Å². The molecule has 0 fully saturated rings. The maximum Gasteiger partial charge on any atom is 0.243 e. The monoisotopic (exact) mass is 269 g/mol. The molecule has 102 valence electrons. The number of thiazole rings is 1. The van der Waals surface area contributed by atoms with Crippen molar-refractivity contribution < 1.29 is 4.79 Å². The molecular weight excluding hydrogens is 246 g/mol. The van der Waals surface area contributed by atoms with Gasteiger partial charge in [0.05, 0.1) is 11.7 Å². The quantitative estimate of drug-likeness (QED) is 0.864. The molecule has 0 aliphatic carbocycles. The van der Waals surface area contributed by atoms with Crippen LogP contribution in [0, 0.1) is 0 Å². The van der Waals surface area contributed by atoms with E-state index in [1.54, 1.807) is 0 Å². The van der Waals surface area contributed by atoms with Crippen molar-refractivity contribution in [2.24, 2.45) is 0 Å². The zero-order valence-electron chi connectivity index (χ0n) is 11.8. The SMILES string of the molecule is CCNC(CC)C(=O)Nc1nc(C(C)(C)C)cs1. The largest absolute Gasteiger partial charge is 0.306 e. The minimum atomic E-state index is -0.142. The van der Waals surface area contributed by atoms with Crippen molar-refractivity contribution in [3.05, 3.63) is 11.1 Å². The van der Waals surface area contributed by atoms with E-state index in [0.29, 0.717) is 5.13 Å². The van der Waals surface area contributed by atoms with Gasteiger partial charge in [-0.05, 0) is 13.0 Å². The highest BCUT2D eigenvalue weighted by Gasteiger charge is 2.20. The normalized spacial score (nSPS) is 13.4. The lowest BCUT2D eigenvalue weighted by atomic mass is 9.93. The molecule has 1 heterocycles. The summed E-state index contributed by atoms with van der Waals surface area (Å²) >= 11 is 1.48. The highest BCUT2D eigenvalue weighted by Crippen LogP contribution is 2.26. The van der Waals surface area contributed by atoms with Crippen LogP contribution in [0.5, 0.6) is 0 Å². The number of aromatic nitrogens is 1. The van der Waals surface area contributed by atoms with Crippen molar-refractivity contribution in [3.8, 4) is 0 Å². The maximum absolute atomic E-state index is 12.0. The van der Waals surface area contributed by atoms with Gasteiger partial charge in [-0.25, -0.2) is 4.98 Å². The summed E-state index contributed by atoms with van der Waals surface area (Å²) in [5.41, 5.74) is 1.03. The van der Waals surface area contributed by atoms with Crippen LogP contribution in [-0.2, 0) is 10.2 Å². The van der Waals surface area contributed by atoms with E-state index in [-0.39, 0.29) is 17.4 Å². The van der Waals surface area contributed by atoms with Gasteiger partial charge in [-0.3, -0.25) is 4.79 Å². The molecule has 1 aromatic rings. The Morgan fingerprint density at radius 3 is 2.56 bits per heavy atom. The van der Waals surface area contributed by atoms with Crippen LogP contribution in [0.2, 0.25) is 0 Å². The number of nitrogens with zero attached hydrogens (tertiary/aromatic N) is 1. The summed E-state index contributed by atoms with van der Waals surface area (Å²) in [5.74, 6) is -0.00541. The first-order valence-corrected chi connectivity index (χ1v) is 7.26. The van der Waals surface area contributed by atoms with Crippen molar-refractivity contribution in [2.45, 2.75) is 52.5 Å². The van der Waals surface area contributed by atoms with Gasteiger partial charge in [0.2, 0.25) is 5.91 Å². The topological polar surface area (TPSA) is 54.0 Å². The molecule has 0 spiro atoms. The van der Waals surface area contributed by atoms with Crippen LogP contribution in [0.25, 0.3) is 0 Å². The molecule has 0 saturated heterocycles. The lowest BCUT2D eigenvalue weighted by Crippen LogP contribution is -2.39. The van der Waals surface area contributed by atoms with E-state index in [1.807, 2.05) is 19.2 Å². The van der Waals surface area contributed by atoms with Gasteiger partial charge in [0.1, 0.15) is 0 Å². The third-order valence-corrected chi connectivity index (χ3v) is 3.44. The molecule has 4 nitrogen and oxygen atoms in total. The third-order valence-electron chi connectivity index (χ3n) is 2.68. The van der Waals surface area contributed by atoms with Crippen molar-refractivity contribution in [2.75, 3.05) is 11.9 Å². The average molecular weight is 269 g/mol. The molecule has 2 N–H and O–H groups in total. The van der Waals surface area contributed by atoms with Gasteiger partial charge in [0.15, 0.2) is 5.13 Å². The Bertz CT molecular complexity index is 395. The summed E-state index contributed by atoms with van der Waals surface area (Å²) in [4.78, 5) is 16.4. The van der Waals surface area contributed by atoms with Crippen LogP contribution in [0.3, 0.4) is 0 Å². The van der Waals surface area contributed by atoms with Crippen LogP contribution in [0.15, 0.2) is 5.38 Å². The highest BCUT2D eigenvalue weighted by molar-refractivity contribution is 7.13. The summed E-state index contributed by atoms with van der Waals surface area (Å²) in [6, 6.07) is -0.142. The maximum atomic E-state index is 12.0. The Morgan fingerprint density at radius 2 is 2.11 bits per heavy atom. The summed E-state index contributed by atoms with van der Waals surface area (Å²) in [7, 11) is 0. The van der Waals surface area contributed by atoms with Crippen molar-refractivity contribution >= 4 is 22.4 Å². The lowest BCUT2D eigenvalue weighted by molar-refractivity contribution is -0.118. The molecule has 0 saturated carbocycles. The first-order valence-electron chi connectivity index (χ1n) is 6.38. The molecule has 0 bridgehead atoms. The minimum Gasteiger partial charge on any atom is -0.306 e. The molecule has 1 aromatic heterocycles. The number of rotatable bonds is 5. The molecule has 0 aromatic carbocycles. The van der Waals surface area contributed by atoms with Gasteiger partial charge in [-0.2, -0.15) is 0 Å². The predicted molar refractivity (Wildman–Crippen MR) is 77.2 cm³/mol. The summed E-state index contributed by atoms with van der Waals surface area (Å²) in [6.07, 6.45) is 0.775. The predicted octanol–water partition coefficient (Wildman–Crippen LogP) is 2.77. The van der Waals surface area contributed by atoms with Crippen molar-refractivity contribution in [1.82, 2.24) is 10.3 Å². The van der Waals surface area contributed by atoms with Crippen LogP contribution < -0.4 is 10.6 Å². The summed E-state index contributed by atoms with van der Waals surface area (Å²) in [6.45, 7) is 11.1. The number of carbonyl (C=O) groups excluding carboxylic acids is 1. The lowest BCUT2D eigenvalue weighted by Gasteiger charge is -2.15. The Hall–Kier alpha value is -0.940. The van der Waals surface area contributed by atoms with Crippen molar-refractivity contribution in [3.63, 3.8) is 0 Å². The van der Waals surface area contributed by atoms with E-state index >= 15 is 0 Å². The Balaban J connectivity index is 2.67. The molecule has 1 amide bonds. The van der Waals surface area contributed by atoms with Crippen LogP contribution >= 0.6 is 11.3 Å². The van der Waals surface area contributed by atoms with E-state index in [9.17, 15) is 4.79 Å². The molecule has 1 unspecified atom stereocenters. The second-order valence-electron chi connectivity index (χ2n) is 5.30. The standard InChI is InChI=1S/C13H23N3OS/c1-6-9(14-7-2)11(17)16-12-15-10(8-18-12)13(3,4)5/h8-9,14H,6-7H2,1-5H3,(H,15,16,17). The Labute approximate surface area is 113 Å².